The number of carbonyl (C=O) groups is 1. The third-order valence-electron chi connectivity index (χ3n) is 3.42. The maximum atomic E-state index is 14.3. The number of hydrogen-bond acceptors (Lipinski definition) is 6. The van der Waals surface area contributed by atoms with Crippen molar-refractivity contribution in [2.45, 2.75) is 13.5 Å². The van der Waals surface area contributed by atoms with Crippen LogP contribution in [-0.2, 0) is 11.3 Å². The van der Waals surface area contributed by atoms with Gasteiger partial charge < -0.3 is 14.9 Å². The van der Waals surface area contributed by atoms with Crippen molar-refractivity contribution in [1.29, 1.82) is 0 Å². The van der Waals surface area contributed by atoms with Crippen LogP contribution in [-0.4, -0.2) is 27.3 Å². The van der Waals surface area contributed by atoms with Gasteiger partial charge in [-0.15, -0.1) is 11.3 Å². The molecule has 130 valence electrons. The first-order chi connectivity index (χ1) is 11.9. The van der Waals surface area contributed by atoms with Crippen LogP contribution in [0.5, 0.6) is 0 Å². The van der Waals surface area contributed by atoms with E-state index < -0.39 is 16.7 Å². The van der Waals surface area contributed by atoms with Crippen LogP contribution in [0.25, 0.3) is 10.1 Å². The highest BCUT2D eigenvalue weighted by atomic mass is 79.9. The Bertz CT molecular complexity index is 985. The van der Waals surface area contributed by atoms with Gasteiger partial charge in [0.05, 0.1) is 24.4 Å². The minimum absolute atomic E-state index is 0.00151. The first kappa shape index (κ1) is 17.5. The van der Waals surface area contributed by atoms with Crippen molar-refractivity contribution in [3.05, 3.63) is 55.2 Å². The molecule has 0 radical (unpaired) electrons. The van der Waals surface area contributed by atoms with E-state index in [4.69, 9.17) is 4.74 Å². The second kappa shape index (κ2) is 6.89. The van der Waals surface area contributed by atoms with Gasteiger partial charge in [0.15, 0.2) is 0 Å². The van der Waals surface area contributed by atoms with Crippen LogP contribution in [0.2, 0.25) is 0 Å². The molecule has 0 aliphatic rings. The number of esters is 1. The predicted molar refractivity (Wildman–Crippen MR) is 93.4 cm³/mol. The lowest BCUT2D eigenvalue weighted by Crippen LogP contribution is -2.09. The molecule has 7 nitrogen and oxygen atoms in total. The first-order valence-corrected chi connectivity index (χ1v) is 8.77. The number of thiophene rings is 1. The van der Waals surface area contributed by atoms with Gasteiger partial charge >= 0.3 is 11.8 Å². The quantitative estimate of drug-likeness (QED) is 0.347. The summed E-state index contributed by atoms with van der Waals surface area (Å²) in [4.78, 5) is 22.8. The van der Waals surface area contributed by atoms with Gasteiger partial charge in [-0.25, -0.2) is 9.18 Å². The van der Waals surface area contributed by atoms with E-state index in [1.165, 1.54) is 16.9 Å². The molecule has 0 aliphatic carbocycles. The van der Waals surface area contributed by atoms with E-state index in [1.807, 2.05) is 0 Å². The van der Waals surface area contributed by atoms with Crippen LogP contribution in [0.1, 0.15) is 22.2 Å². The van der Waals surface area contributed by atoms with Crippen molar-refractivity contribution in [2.75, 3.05) is 6.61 Å². The van der Waals surface area contributed by atoms with Crippen molar-refractivity contribution in [1.82, 2.24) is 9.78 Å². The van der Waals surface area contributed by atoms with Crippen LogP contribution >= 0.6 is 27.3 Å². The highest BCUT2D eigenvalue weighted by Crippen LogP contribution is 2.35. The highest BCUT2D eigenvalue weighted by Gasteiger charge is 2.25. The lowest BCUT2D eigenvalue weighted by molar-refractivity contribution is -0.390. The molecule has 2 heterocycles. The van der Waals surface area contributed by atoms with Crippen molar-refractivity contribution >= 4 is 49.1 Å². The number of aromatic nitrogens is 2. The molecule has 1 aromatic carbocycles. The van der Waals surface area contributed by atoms with Crippen molar-refractivity contribution in [3.8, 4) is 0 Å². The number of ether oxygens (including phenoxy) is 1. The summed E-state index contributed by atoms with van der Waals surface area (Å²) in [5, 5.41) is 15.1. The predicted octanol–water partition coefficient (Wildman–Crippen LogP) is 4.13. The van der Waals surface area contributed by atoms with Gasteiger partial charge in [-0.2, -0.15) is 4.68 Å². The monoisotopic (exact) mass is 427 g/mol. The topological polar surface area (TPSA) is 87.3 Å². The molecule has 0 saturated carbocycles. The molecule has 0 bridgehead atoms. The normalized spacial score (nSPS) is 11.0. The molecule has 25 heavy (non-hydrogen) atoms. The average molecular weight is 428 g/mol. The Morgan fingerprint density at radius 3 is 2.92 bits per heavy atom. The Hall–Kier alpha value is -2.33. The van der Waals surface area contributed by atoms with Gasteiger partial charge in [0, 0.05) is 15.6 Å². The van der Waals surface area contributed by atoms with Crippen LogP contribution in [0.3, 0.4) is 0 Å². The Balaban J connectivity index is 2.13. The zero-order chi connectivity index (χ0) is 18.1. The maximum absolute atomic E-state index is 14.3. The fourth-order valence-corrected chi connectivity index (χ4v) is 4.02. The summed E-state index contributed by atoms with van der Waals surface area (Å²) < 4.78 is 21.5. The summed E-state index contributed by atoms with van der Waals surface area (Å²) in [6.45, 7) is 1.87. The van der Waals surface area contributed by atoms with E-state index in [9.17, 15) is 19.3 Å². The number of carbonyl (C=O) groups excluding carboxylic acids is 1. The summed E-state index contributed by atoms with van der Waals surface area (Å²) in [5.41, 5.74) is 0.390. The van der Waals surface area contributed by atoms with Crippen LogP contribution in [0.4, 0.5) is 10.2 Å². The maximum Gasteiger partial charge on any atom is 0.404 e. The summed E-state index contributed by atoms with van der Waals surface area (Å²) >= 11 is 4.19. The second-order valence-corrected chi connectivity index (χ2v) is 6.91. The summed E-state index contributed by atoms with van der Waals surface area (Å²) in [7, 11) is 0. The average Bonchev–Trinajstić information content (AvgIpc) is 3.10. The molecule has 0 unspecified atom stereocenters. The lowest BCUT2D eigenvalue weighted by Gasteiger charge is -2.03. The molecule has 0 N–H and O–H groups in total. The third-order valence-corrected chi connectivity index (χ3v) is 5.15. The Morgan fingerprint density at radius 2 is 2.28 bits per heavy atom. The molecule has 2 aromatic heterocycles. The number of nitrogens with zero attached hydrogens (tertiary/aromatic N) is 3. The number of benzene rings is 1. The molecule has 0 atom stereocenters. The second-order valence-electron chi connectivity index (χ2n) is 5.00. The van der Waals surface area contributed by atoms with Crippen molar-refractivity contribution in [3.63, 3.8) is 0 Å². The van der Waals surface area contributed by atoms with Crippen molar-refractivity contribution < 1.29 is 18.8 Å². The molecule has 0 aliphatic heterocycles. The molecule has 3 aromatic rings. The molecule has 0 fully saturated rings. The SMILES string of the molecule is CCOC(=O)c1sc2cccc(F)c2c1Cn1cc(Br)c([N+](=O)[O-])n1. The van der Waals surface area contributed by atoms with Gasteiger partial charge in [-0.05, 0) is 39.9 Å². The van der Waals surface area contributed by atoms with Gasteiger partial charge in [0.2, 0.25) is 0 Å². The van der Waals surface area contributed by atoms with E-state index in [0.29, 0.717) is 15.6 Å². The zero-order valence-electron chi connectivity index (χ0n) is 12.9. The molecule has 0 saturated heterocycles. The minimum Gasteiger partial charge on any atom is -0.462 e. The van der Waals surface area contributed by atoms with Crippen LogP contribution < -0.4 is 0 Å². The van der Waals surface area contributed by atoms with E-state index in [2.05, 4.69) is 21.0 Å². The number of halogens is 2. The fourth-order valence-electron chi connectivity index (χ4n) is 2.43. The summed E-state index contributed by atoms with van der Waals surface area (Å²) in [6, 6.07) is 4.56. The number of nitro groups is 1. The van der Waals surface area contributed by atoms with Gasteiger partial charge in [0.25, 0.3) is 0 Å². The first-order valence-electron chi connectivity index (χ1n) is 7.16. The zero-order valence-corrected chi connectivity index (χ0v) is 15.3. The minimum atomic E-state index is -0.626. The molecule has 0 amide bonds. The Kier molecular flexibility index (Phi) is 4.82. The number of fused-ring (bicyclic) bond motifs is 1. The fraction of sp³-hybridized carbons (Fsp3) is 0.200. The van der Waals surface area contributed by atoms with Gasteiger partial charge in [0.1, 0.15) is 15.2 Å². The van der Waals surface area contributed by atoms with E-state index in [1.54, 1.807) is 19.1 Å². The van der Waals surface area contributed by atoms with Gasteiger partial charge in [-0.3, -0.25) is 0 Å². The van der Waals surface area contributed by atoms with Crippen LogP contribution in [0.15, 0.2) is 28.9 Å². The molecular weight excluding hydrogens is 417 g/mol. The van der Waals surface area contributed by atoms with Crippen molar-refractivity contribution in [2.24, 2.45) is 0 Å². The van der Waals surface area contributed by atoms with E-state index >= 15 is 0 Å². The summed E-state index contributed by atoms with van der Waals surface area (Å²) in [5.74, 6) is -1.38. The molecule has 10 heteroatoms. The standard InChI is InChI=1S/C15H11BrFN3O4S/c1-2-24-15(21)13-8(12-10(17)4-3-5-11(12)25-13)6-19-7-9(16)14(18-19)20(22)23/h3-5,7H,2,6H2,1H3. The molecule has 0 spiro atoms. The van der Waals surface area contributed by atoms with Gasteiger partial charge in [-0.1, -0.05) is 6.07 Å². The third kappa shape index (κ3) is 3.27. The Morgan fingerprint density at radius 1 is 1.52 bits per heavy atom. The van der Waals surface area contributed by atoms with E-state index in [0.717, 1.165) is 11.3 Å². The molecular formula is C15H11BrFN3O4S. The smallest absolute Gasteiger partial charge is 0.404 e. The largest absolute Gasteiger partial charge is 0.462 e. The van der Waals surface area contributed by atoms with Crippen LogP contribution in [0, 0.1) is 15.9 Å². The van der Waals surface area contributed by atoms with E-state index in [-0.39, 0.29) is 28.3 Å². The number of hydrogen-bond donors (Lipinski definition) is 0. The number of rotatable bonds is 5. The summed E-state index contributed by atoms with van der Waals surface area (Å²) in [6.07, 6.45) is 1.41. The molecule has 3 rings (SSSR count). The highest BCUT2D eigenvalue weighted by molar-refractivity contribution is 9.10. The lowest BCUT2D eigenvalue weighted by atomic mass is 10.1. The Labute approximate surface area is 153 Å².